The summed E-state index contributed by atoms with van der Waals surface area (Å²) in [5.74, 6) is 0. The van der Waals surface area contributed by atoms with Crippen molar-refractivity contribution in [1.29, 1.82) is 0 Å². The molecule has 2 atom stereocenters. The first-order valence-electron chi connectivity index (χ1n) is 5.74. The van der Waals surface area contributed by atoms with Gasteiger partial charge in [-0.15, -0.1) is 0 Å². The molecule has 1 aliphatic rings. The summed E-state index contributed by atoms with van der Waals surface area (Å²) in [5.41, 5.74) is 7.70. The second-order valence-electron chi connectivity index (χ2n) is 4.13. The summed E-state index contributed by atoms with van der Waals surface area (Å²) in [4.78, 5) is 6.51. The third kappa shape index (κ3) is 2.41. The molecule has 1 saturated heterocycles. The topological polar surface area (TPSA) is 60.6 Å². The van der Waals surface area contributed by atoms with Crippen LogP contribution in [0.2, 0.25) is 0 Å². The molecule has 0 aliphatic carbocycles. The summed E-state index contributed by atoms with van der Waals surface area (Å²) in [6, 6.07) is 3.97. The van der Waals surface area contributed by atoms with Crippen molar-refractivity contribution in [2.75, 3.05) is 32.2 Å². The number of ether oxygens (including phenoxy) is 2. The molecule has 1 aromatic rings. The summed E-state index contributed by atoms with van der Waals surface area (Å²) < 4.78 is 10.8. The minimum Gasteiger partial charge on any atom is -0.377 e. The van der Waals surface area contributed by atoms with E-state index in [1.807, 2.05) is 12.1 Å². The van der Waals surface area contributed by atoms with Crippen LogP contribution in [0, 0.1) is 0 Å². The van der Waals surface area contributed by atoms with Gasteiger partial charge in [-0.3, -0.25) is 4.98 Å². The Morgan fingerprint density at radius 2 is 2.00 bits per heavy atom. The van der Waals surface area contributed by atoms with E-state index in [1.165, 1.54) is 0 Å². The molecule has 94 valence electrons. The Morgan fingerprint density at radius 1 is 1.35 bits per heavy atom. The van der Waals surface area contributed by atoms with Gasteiger partial charge in [0.2, 0.25) is 0 Å². The van der Waals surface area contributed by atoms with Crippen LogP contribution >= 0.6 is 0 Å². The van der Waals surface area contributed by atoms with E-state index in [9.17, 15) is 0 Å². The molecule has 2 N–H and O–H groups in total. The summed E-state index contributed by atoms with van der Waals surface area (Å²) in [6.45, 7) is 2.07. The van der Waals surface area contributed by atoms with Crippen molar-refractivity contribution in [1.82, 2.24) is 4.98 Å². The first kappa shape index (κ1) is 12.3. The van der Waals surface area contributed by atoms with Crippen molar-refractivity contribution in [2.24, 2.45) is 5.73 Å². The number of aromatic nitrogens is 1. The molecule has 17 heavy (non-hydrogen) atoms. The Morgan fingerprint density at radius 3 is 2.53 bits per heavy atom. The molecular weight excluding hydrogens is 218 g/mol. The Labute approximate surface area is 102 Å². The maximum absolute atomic E-state index is 5.70. The van der Waals surface area contributed by atoms with E-state index < -0.39 is 0 Å². The van der Waals surface area contributed by atoms with Gasteiger partial charge in [0.15, 0.2) is 0 Å². The van der Waals surface area contributed by atoms with Gasteiger partial charge >= 0.3 is 0 Å². The highest BCUT2D eigenvalue weighted by Gasteiger charge is 2.33. The molecule has 0 saturated carbocycles. The van der Waals surface area contributed by atoms with Crippen LogP contribution < -0.4 is 10.6 Å². The number of hydrogen-bond acceptors (Lipinski definition) is 5. The lowest BCUT2D eigenvalue weighted by Crippen LogP contribution is -2.27. The molecule has 0 amide bonds. The van der Waals surface area contributed by atoms with Gasteiger partial charge in [0.25, 0.3) is 0 Å². The largest absolute Gasteiger partial charge is 0.377 e. The monoisotopic (exact) mass is 237 g/mol. The molecule has 2 unspecified atom stereocenters. The summed E-state index contributed by atoms with van der Waals surface area (Å²) in [5, 5.41) is 0. The van der Waals surface area contributed by atoms with E-state index in [1.54, 1.807) is 20.4 Å². The standard InChI is InChI=1S/C12H19N3O2/c1-16-11-7-15(8-12(11)17-2)10-4-3-5-14-9(10)6-13/h3-5,11-12H,6-8,13H2,1-2H3. The number of nitrogens with two attached hydrogens (primary N) is 1. The van der Waals surface area contributed by atoms with E-state index in [0.717, 1.165) is 24.5 Å². The van der Waals surface area contributed by atoms with Crippen LogP contribution in [0.5, 0.6) is 0 Å². The first-order chi connectivity index (χ1) is 8.30. The van der Waals surface area contributed by atoms with Crippen LogP contribution in [-0.2, 0) is 16.0 Å². The Balaban J connectivity index is 2.18. The fourth-order valence-corrected chi connectivity index (χ4v) is 2.27. The molecule has 1 fully saturated rings. The average Bonchev–Trinajstić information content (AvgIpc) is 2.81. The third-order valence-corrected chi connectivity index (χ3v) is 3.22. The average molecular weight is 237 g/mol. The zero-order valence-corrected chi connectivity index (χ0v) is 10.3. The van der Waals surface area contributed by atoms with Gasteiger partial charge in [-0.05, 0) is 12.1 Å². The van der Waals surface area contributed by atoms with Crippen molar-refractivity contribution < 1.29 is 9.47 Å². The Bertz CT molecular complexity index is 361. The van der Waals surface area contributed by atoms with Crippen LogP contribution in [0.25, 0.3) is 0 Å². The van der Waals surface area contributed by atoms with Crippen molar-refractivity contribution in [3.63, 3.8) is 0 Å². The molecule has 0 bridgehead atoms. The normalized spacial score (nSPS) is 24.3. The van der Waals surface area contributed by atoms with Gasteiger partial charge in [0.1, 0.15) is 12.2 Å². The highest BCUT2D eigenvalue weighted by molar-refractivity contribution is 5.51. The van der Waals surface area contributed by atoms with E-state index in [2.05, 4.69) is 9.88 Å². The van der Waals surface area contributed by atoms with Gasteiger partial charge in [0.05, 0.1) is 11.4 Å². The van der Waals surface area contributed by atoms with Crippen LogP contribution in [0.15, 0.2) is 18.3 Å². The molecule has 2 rings (SSSR count). The fourth-order valence-electron chi connectivity index (χ4n) is 2.27. The van der Waals surface area contributed by atoms with Crippen LogP contribution in [0.4, 0.5) is 5.69 Å². The number of anilines is 1. The highest BCUT2D eigenvalue weighted by atomic mass is 16.5. The number of nitrogens with zero attached hydrogens (tertiary/aromatic N) is 2. The van der Waals surface area contributed by atoms with Gasteiger partial charge in [0, 0.05) is 40.1 Å². The fraction of sp³-hybridized carbons (Fsp3) is 0.583. The zero-order valence-electron chi connectivity index (χ0n) is 10.3. The number of hydrogen-bond donors (Lipinski definition) is 1. The maximum atomic E-state index is 5.70. The van der Waals surface area contributed by atoms with Gasteiger partial charge in [-0.25, -0.2) is 0 Å². The van der Waals surface area contributed by atoms with Crippen LogP contribution in [0.3, 0.4) is 0 Å². The second kappa shape index (κ2) is 5.44. The van der Waals surface area contributed by atoms with Crippen LogP contribution in [0.1, 0.15) is 5.69 Å². The van der Waals surface area contributed by atoms with E-state index >= 15 is 0 Å². The molecule has 1 aliphatic heterocycles. The highest BCUT2D eigenvalue weighted by Crippen LogP contribution is 2.25. The number of pyridine rings is 1. The van der Waals surface area contributed by atoms with Crippen molar-refractivity contribution in [3.05, 3.63) is 24.0 Å². The summed E-state index contributed by atoms with van der Waals surface area (Å²) >= 11 is 0. The van der Waals surface area contributed by atoms with E-state index in [0.29, 0.717) is 6.54 Å². The molecular formula is C12H19N3O2. The molecule has 0 aromatic carbocycles. The van der Waals surface area contributed by atoms with Gasteiger partial charge in [-0.2, -0.15) is 0 Å². The molecule has 5 heteroatoms. The van der Waals surface area contributed by atoms with Crippen molar-refractivity contribution in [2.45, 2.75) is 18.8 Å². The predicted molar refractivity (Wildman–Crippen MR) is 65.9 cm³/mol. The lowest BCUT2D eigenvalue weighted by Gasteiger charge is -2.20. The van der Waals surface area contributed by atoms with Gasteiger partial charge < -0.3 is 20.1 Å². The minimum absolute atomic E-state index is 0.103. The minimum atomic E-state index is 0.103. The zero-order chi connectivity index (χ0) is 12.3. The maximum Gasteiger partial charge on any atom is 0.102 e. The quantitative estimate of drug-likeness (QED) is 0.821. The Hall–Kier alpha value is -1.17. The van der Waals surface area contributed by atoms with E-state index in [4.69, 9.17) is 15.2 Å². The Kier molecular flexibility index (Phi) is 3.93. The van der Waals surface area contributed by atoms with E-state index in [-0.39, 0.29) is 12.2 Å². The summed E-state index contributed by atoms with van der Waals surface area (Å²) in [6.07, 6.45) is 1.97. The molecule has 5 nitrogen and oxygen atoms in total. The lowest BCUT2D eigenvalue weighted by molar-refractivity contribution is -0.00461. The molecule has 2 heterocycles. The molecule has 0 radical (unpaired) electrons. The second-order valence-corrected chi connectivity index (χ2v) is 4.13. The smallest absolute Gasteiger partial charge is 0.102 e. The van der Waals surface area contributed by atoms with Crippen molar-refractivity contribution in [3.8, 4) is 0 Å². The summed E-state index contributed by atoms with van der Waals surface area (Å²) in [7, 11) is 3.43. The first-order valence-corrected chi connectivity index (χ1v) is 5.74. The number of methoxy groups -OCH3 is 2. The van der Waals surface area contributed by atoms with Crippen LogP contribution in [-0.4, -0.2) is 44.5 Å². The lowest BCUT2D eigenvalue weighted by atomic mass is 10.2. The van der Waals surface area contributed by atoms with Crippen molar-refractivity contribution >= 4 is 5.69 Å². The molecule has 1 aromatic heterocycles. The third-order valence-electron chi connectivity index (χ3n) is 3.22. The SMILES string of the molecule is COC1CN(c2cccnc2CN)CC1OC. The molecule has 0 spiro atoms. The van der Waals surface area contributed by atoms with Gasteiger partial charge in [-0.1, -0.05) is 0 Å². The predicted octanol–water partition coefficient (Wildman–Crippen LogP) is 0.390. The number of rotatable bonds is 4.